The zero-order valence-electron chi connectivity index (χ0n) is 13.3. The van der Waals surface area contributed by atoms with Gasteiger partial charge in [0.05, 0.1) is 44.0 Å². The zero-order valence-corrected chi connectivity index (χ0v) is 14.2. The van der Waals surface area contributed by atoms with Gasteiger partial charge in [0.2, 0.25) is 10.0 Å². The first kappa shape index (κ1) is 16.6. The summed E-state index contributed by atoms with van der Waals surface area (Å²) >= 11 is 0. The van der Waals surface area contributed by atoms with Crippen molar-refractivity contribution in [1.82, 2.24) is 9.29 Å². The van der Waals surface area contributed by atoms with Crippen molar-refractivity contribution >= 4 is 15.7 Å². The molecule has 2 aliphatic rings. The van der Waals surface area contributed by atoms with Crippen molar-refractivity contribution in [2.45, 2.75) is 12.5 Å². The maximum absolute atomic E-state index is 12.2. The van der Waals surface area contributed by atoms with E-state index < -0.39 is 15.6 Å². The molecule has 23 heavy (non-hydrogen) atoms. The van der Waals surface area contributed by atoms with Crippen LogP contribution in [0.25, 0.3) is 0 Å². The van der Waals surface area contributed by atoms with Crippen LogP contribution in [0.3, 0.4) is 0 Å². The number of hydrogen-bond acceptors (Lipinski definition) is 6. The number of nitrogens with zero attached hydrogens (tertiary/aromatic N) is 3. The van der Waals surface area contributed by atoms with Crippen molar-refractivity contribution in [1.29, 1.82) is 0 Å². The van der Waals surface area contributed by atoms with Gasteiger partial charge in [-0.2, -0.15) is 4.31 Å². The summed E-state index contributed by atoms with van der Waals surface area (Å²) in [5.41, 5.74) is 0.365. The molecule has 2 fully saturated rings. The van der Waals surface area contributed by atoms with E-state index in [2.05, 4.69) is 9.88 Å². The summed E-state index contributed by atoms with van der Waals surface area (Å²) in [6.45, 7) is 5.11. The molecule has 1 aromatic heterocycles. The van der Waals surface area contributed by atoms with Crippen LogP contribution in [0.2, 0.25) is 0 Å². The lowest BCUT2D eigenvalue weighted by Gasteiger charge is -2.43. The van der Waals surface area contributed by atoms with Crippen molar-refractivity contribution in [3.8, 4) is 0 Å². The number of pyridine rings is 1. The predicted octanol–water partition coefficient (Wildman–Crippen LogP) is 0.339. The average Bonchev–Trinajstić information content (AvgIpc) is 2.78. The van der Waals surface area contributed by atoms with Crippen LogP contribution < -0.4 is 4.90 Å². The fraction of sp³-hybridized carbons (Fsp3) is 0.667. The quantitative estimate of drug-likeness (QED) is 0.789. The first-order valence-corrected chi connectivity index (χ1v) is 9.50. The Morgan fingerprint density at radius 2 is 2.17 bits per heavy atom. The Hall–Kier alpha value is -1.22. The summed E-state index contributed by atoms with van der Waals surface area (Å²) in [5.74, 6) is 0.107. The van der Waals surface area contributed by atoms with Crippen molar-refractivity contribution in [2.24, 2.45) is 0 Å². The van der Waals surface area contributed by atoms with Gasteiger partial charge in [0.25, 0.3) is 0 Å². The number of morpholine rings is 1. The van der Waals surface area contributed by atoms with E-state index in [9.17, 15) is 8.42 Å². The minimum Gasteiger partial charge on any atom is -0.376 e. The lowest BCUT2D eigenvalue weighted by atomic mass is 10.0. The molecule has 0 N–H and O–H groups in total. The normalized spacial score (nSPS) is 27.1. The van der Waals surface area contributed by atoms with E-state index in [-0.39, 0.29) is 5.75 Å². The number of rotatable bonds is 3. The van der Waals surface area contributed by atoms with Crippen molar-refractivity contribution in [3.63, 3.8) is 0 Å². The number of anilines is 1. The van der Waals surface area contributed by atoms with Crippen molar-refractivity contribution in [2.75, 3.05) is 56.7 Å². The maximum Gasteiger partial charge on any atom is 0.214 e. The van der Waals surface area contributed by atoms with E-state index in [1.165, 1.54) is 4.31 Å². The molecule has 0 radical (unpaired) electrons. The van der Waals surface area contributed by atoms with Crippen LogP contribution in [0.4, 0.5) is 5.69 Å². The Labute approximate surface area is 137 Å². The first-order valence-electron chi connectivity index (χ1n) is 7.89. The molecule has 1 spiro atoms. The summed E-state index contributed by atoms with van der Waals surface area (Å²) in [7, 11) is -3.22. The van der Waals surface area contributed by atoms with E-state index in [1.807, 2.05) is 18.3 Å². The van der Waals surface area contributed by atoms with Gasteiger partial charge in [0.15, 0.2) is 0 Å². The Morgan fingerprint density at radius 3 is 2.91 bits per heavy atom. The third-order valence-electron chi connectivity index (χ3n) is 4.33. The van der Waals surface area contributed by atoms with Gasteiger partial charge in [-0.3, -0.25) is 4.98 Å². The van der Waals surface area contributed by atoms with E-state index in [0.29, 0.717) is 39.5 Å². The number of hydrogen-bond donors (Lipinski definition) is 0. The maximum atomic E-state index is 12.2. The molecular formula is C15H23N3O4S. The molecule has 1 atom stereocenters. The van der Waals surface area contributed by atoms with Gasteiger partial charge in [0, 0.05) is 25.8 Å². The van der Waals surface area contributed by atoms with Crippen LogP contribution in [0.5, 0.6) is 0 Å². The zero-order chi connectivity index (χ0) is 16.3. The lowest BCUT2D eigenvalue weighted by Crippen LogP contribution is -2.60. The second kappa shape index (κ2) is 6.72. The topological polar surface area (TPSA) is 72.0 Å². The van der Waals surface area contributed by atoms with Crippen LogP contribution >= 0.6 is 0 Å². The minimum atomic E-state index is -3.22. The molecule has 0 aromatic carbocycles. The summed E-state index contributed by atoms with van der Waals surface area (Å²) < 4.78 is 37.7. The van der Waals surface area contributed by atoms with Gasteiger partial charge in [-0.25, -0.2) is 8.42 Å². The van der Waals surface area contributed by atoms with Gasteiger partial charge in [-0.1, -0.05) is 0 Å². The van der Waals surface area contributed by atoms with Crippen molar-refractivity contribution in [3.05, 3.63) is 24.5 Å². The van der Waals surface area contributed by atoms with Crippen molar-refractivity contribution < 1.29 is 17.9 Å². The SMILES string of the molecule is CCS(=O)(=O)N1CCO[C@]2(COCCN(c3cccnc3)C2)C1. The Balaban J connectivity index is 1.82. The fourth-order valence-corrected chi connectivity index (χ4v) is 4.23. The van der Waals surface area contributed by atoms with Crippen LogP contribution in [0.1, 0.15) is 6.92 Å². The molecule has 2 saturated heterocycles. The largest absolute Gasteiger partial charge is 0.376 e. The van der Waals surface area contributed by atoms with Gasteiger partial charge >= 0.3 is 0 Å². The highest BCUT2D eigenvalue weighted by molar-refractivity contribution is 7.89. The Bertz CT molecular complexity index is 625. The first-order chi connectivity index (χ1) is 11.0. The molecule has 0 saturated carbocycles. The van der Waals surface area contributed by atoms with Gasteiger partial charge < -0.3 is 14.4 Å². The van der Waals surface area contributed by atoms with E-state index >= 15 is 0 Å². The predicted molar refractivity (Wildman–Crippen MR) is 87.0 cm³/mol. The molecule has 0 bridgehead atoms. The third kappa shape index (κ3) is 3.65. The lowest BCUT2D eigenvalue weighted by molar-refractivity contribution is -0.116. The Kier molecular flexibility index (Phi) is 4.86. The van der Waals surface area contributed by atoms with Gasteiger partial charge in [-0.15, -0.1) is 0 Å². The Morgan fingerprint density at radius 1 is 1.30 bits per heavy atom. The minimum absolute atomic E-state index is 0.107. The van der Waals surface area contributed by atoms with Gasteiger partial charge in [-0.05, 0) is 19.1 Å². The fourth-order valence-electron chi connectivity index (χ4n) is 3.08. The van der Waals surface area contributed by atoms with Gasteiger partial charge in [0.1, 0.15) is 5.60 Å². The summed E-state index contributed by atoms with van der Waals surface area (Å²) in [5, 5.41) is 0. The molecule has 3 heterocycles. The molecule has 0 aliphatic carbocycles. The molecule has 2 aliphatic heterocycles. The molecule has 8 heteroatoms. The molecule has 0 unspecified atom stereocenters. The van der Waals surface area contributed by atoms with Crippen LogP contribution in [0, 0.1) is 0 Å². The summed E-state index contributed by atoms with van der Waals surface area (Å²) in [4.78, 5) is 6.32. The van der Waals surface area contributed by atoms with Crippen LogP contribution in [0.15, 0.2) is 24.5 Å². The summed E-state index contributed by atoms with van der Waals surface area (Å²) in [6, 6.07) is 3.89. The van der Waals surface area contributed by atoms with Crippen LogP contribution in [-0.2, 0) is 19.5 Å². The molecule has 7 nitrogen and oxygen atoms in total. The second-order valence-corrected chi connectivity index (χ2v) is 8.21. The molecule has 1 aromatic rings. The molecular weight excluding hydrogens is 318 g/mol. The molecule has 0 amide bonds. The molecule has 128 valence electrons. The highest BCUT2D eigenvalue weighted by Crippen LogP contribution is 2.26. The molecule has 3 rings (SSSR count). The average molecular weight is 341 g/mol. The second-order valence-electron chi connectivity index (χ2n) is 5.95. The van der Waals surface area contributed by atoms with E-state index in [4.69, 9.17) is 9.47 Å². The summed E-state index contributed by atoms with van der Waals surface area (Å²) in [6.07, 6.45) is 3.54. The monoisotopic (exact) mass is 341 g/mol. The smallest absolute Gasteiger partial charge is 0.214 e. The number of sulfonamides is 1. The highest BCUT2D eigenvalue weighted by atomic mass is 32.2. The standard InChI is InChI=1S/C15H23N3O4S/c1-2-23(19,20)18-7-9-22-15(12-18)11-17(6-8-21-13-15)14-4-3-5-16-10-14/h3-5,10H,2,6-9,11-13H2,1H3/t15-/m0/s1. The van der Waals surface area contributed by atoms with E-state index in [0.717, 1.165) is 12.2 Å². The number of ether oxygens (including phenoxy) is 2. The third-order valence-corrected chi connectivity index (χ3v) is 6.16. The van der Waals surface area contributed by atoms with Crippen LogP contribution in [-0.4, -0.2) is 75.1 Å². The van der Waals surface area contributed by atoms with E-state index in [1.54, 1.807) is 13.1 Å². The number of aromatic nitrogens is 1. The highest BCUT2D eigenvalue weighted by Gasteiger charge is 2.43.